The van der Waals surface area contributed by atoms with Crippen LogP contribution in [0.3, 0.4) is 0 Å². The van der Waals surface area contributed by atoms with Crippen molar-refractivity contribution in [2.75, 3.05) is 13.1 Å². The molecule has 0 spiro atoms. The zero-order valence-corrected chi connectivity index (χ0v) is 29.7. The molecule has 1 aliphatic heterocycles. The third-order valence-electron chi connectivity index (χ3n) is 10.4. The highest BCUT2D eigenvalue weighted by molar-refractivity contribution is 5.93. The van der Waals surface area contributed by atoms with Crippen LogP contribution in [-0.4, -0.2) is 48.7 Å². The maximum Gasteiger partial charge on any atom is 0.243 e. The molecule has 5 N–H and O–H groups in total. The summed E-state index contributed by atoms with van der Waals surface area (Å²) in [6.07, 6.45) is 2.77. The molecule has 1 fully saturated rings. The number of Topliss-reactive ketones (excluding diaryl/α,β-unsaturated/α-hetero) is 1. The first-order valence-corrected chi connectivity index (χ1v) is 18.4. The molecular formula is C44H48N4O4. The fourth-order valence-electron chi connectivity index (χ4n) is 7.43. The van der Waals surface area contributed by atoms with E-state index in [9.17, 15) is 19.2 Å². The zero-order chi connectivity index (χ0) is 36.5. The van der Waals surface area contributed by atoms with Crippen molar-refractivity contribution in [2.24, 2.45) is 23.5 Å². The van der Waals surface area contributed by atoms with Gasteiger partial charge in [-0.05, 0) is 77.0 Å². The highest BCUT2D eigenvalue weighted by atomic mass is 16.2. The first-order valence-electron chi connectivity index (χ1n) is 18.4. The molecule has 4 atom stereocenters. The Labute approximate surface area is 305 Å². The standard InChI is InChI=1S/C44H48N4O4/c1-29(41(49)35-19-21-46-22-20-35)23-38(26-31-15-17-33-11-5-7-13-36(33)24-31)43(51)48-40(28-32-16-18-34-12-6-8-14-37(34)25-32)44(52)47-39(42(45)50)27-30-9-3-2-4-10-30/h2-18,24-25,29,35,38-40,46H,19-23,26-28H2,1H3,(H2,45,50)(H,47,52)(H,48,51)/t29-,38-,39?,40?/m1/s1. The summed E-state index contributed by atoms with van der Waals surface area (Å²) in [5, 5.41) is 13.5. The van der Waals surface area contributed by atoms with Gasteiger partial charge in [-0.1, -0.05) is 122 Å². The van der Waals surface area contributed by atoms with Crippen LogP contribution in [0.5, 0.6) is 0 Å². The second-order valence-corrected chi connectivity index (χ2v) is 14.2. The van der Waals surface area contributed by atoms with Crippen molar-refractivity contribution in [2.45, 2.75) is 57.5 Å². The number of carbonyl (C=O) groups excluding carboxylic acids is 4. The Kier molecular flexibility index (Phi) is 12.1. The Hall–Kier alpha value is -5.34. The summed E-state index contributed by atoms with van der Waals surface area (Å²) in [4.78, 5) is 54.8. The van der Waals surface area contributed by atoms with Gasteiger partial charge in [0.05, 0.1) is 0 Å². The van der Waals surface area contributed by atoms with Gasteiger partial charge in [-0.15, -0.1) is 0 Å². The Morgan fingerprint density at radius 3 is 1.75 bits per heavy atom. The molecule has 0 saturated carbocycles. The molecule has 5 aromatic carbocycles. The molecule has 52 heavy (non-hydrogen) atoms. The van der Waals surface area contributed by atoms with Crippen molar-refractivity contribution in [1.29, 1.82) is 0 Å². The topological polar surface area (TPSA) is 130 Å². The number of rotatable bonds is 15. The van der Waals surface area contributed by atoms with Gasteiger partial charge in [0.15, 0.2) is 0 Å². The van der Waals surface area contributed by atoms with Crippen LogP contribution in [0, 0.1) is 17.8 Å². The normalized spacial score (nSPS) is 15.7. The quantitative estimate of drug-likeness (QED) is 0.112. The number of piperidine rings is 1. The van der Waals surface area contributed by atoms with Gasteiger partial charge in [-0.25, -0.2) is 0 Å². The Morgan fingerprint density at radius 1 is 0.635 bits per heavy atom. The third-order valence-corrected chi connectivity index (χ3v) is 10.4. The van der Waals surface area contributed by atoms with Gasteiger partial charge >= 0.3 is 0 Å². The number of ketones is 1. The smallest absolute Gasteiger partial charge is 0.243 e. The molecule has 0 radical (unpaired) electrons. The SMILES string of the molecule is C[C@H](C[C@H](Cc1ccc2ccccc2c1)C(=O)NC(Cc1ccc2ccccc2c1)C(=O)NC(Cc1ccccc1)C(N)=O)C(=O)C1CCNCC1. The average molecular weight is 697 g/mol. The fourth-order valence-corrected chi connectivity index (χ4v) is 7.43. The predicted molar refractivity (Wildman–Crippen MR) is 206 cm³/mol. The number of amides is 3. The van der Waals surface area contributed by atoms with Crippen molar-refractivity contribution in [1.82, 2.24) is 16.0 Å². The number of primary amides is 1. The molecular weight excluding hydrogens is 649 g/mol. The molecule has 6 rings (SSSR count). The molecule has 8 nitrogen and oxygen atoms in total. The number of nitrogens with one attached hydrogen (secondary N) is 3. The van der Waals surface area contributed by atoms with Gasteiger partial charge in [0.2, 0.25) is 17.7 Å². The summed E-state index contributed by atoms with van der Waals surface area (Å²) < 4.78 is 0. The number of carbonyl (C=O) groups is 4. The fraction of sp³-hybridized carbons (Fsp3) is 0.318. The summed E-state index contributed by atoms with van der Waals surface area (Å²) in [5.74, 6) is -2.22. The lowest BCUT2D eigenvalue weighted by atomic mass is 9.81. The lowest BCUT2D eigenvalue weighted by Gasteiger charge is -2.28. The number of fused-ring (bicyclic) bond motifs is 2. The highest BCUT2D eigenvalue weighted by Gasteiger charge is 2.33. The molecule has 5 aromatic rings. The van der Waals surface area contributed by atoms with E-state index in [0.717, 1.165) is 64.2 Å². The van der Waals surface area contributed by atoms with Crippen LogP contribution in [-0.2, 0) is 38.4 Å². The van der Waals surface area contributed by atoms with Crippen LogP contribution in [0.4, 0.5) is 0 Å². The average Bonchev–Trinajstić information content (AvgIpc) is 3.17. The largest absolute Gasteiger partial charge is 0.368 e. The number of benzene rings is 5. The van der Waals surface area contributed by atoms with E-state index in [-0.39, 0.29) is 36.4 Å². The molecule has 3 amide bonds. The van der Waals surface area contributed by atoms with Gasteiger partial charge in [-0.2, -0.15) is 0 Å². The Balaban J connectivity index is 1.27. The lowest BCUT2D eigenvalue weighted by Crippen LogP contribution is -2.55. The first kappa shape index (κ1) is 36.5. The molecule has 1 saturated heterocycles. The second kappa shape index (κ2) is 17.2. The van der Waals surface area contributed by atoms with Crippen LogP contribution in [0.2, 0.25) is 0 Å². The van der Waals surface area contributed by atoms with Gasteiger partial charge < -0.3 is 21.7 Å². The lowest BCUT2D eigenvalue weighted by molar-refractivity contribution is -0.133. The van der Waals surface area contributed by atoms with E-state index < -0.39 is 29.8 Å². The van der Waals surface area contributed by atoms with Crippen LogP contribution in [0.1, 0.15) is 42.9 Å². The summed E-state index contributed by atoms with van der Waals surface area (Å²) in [7, 11) is 0. The first-order chi connectivity index (χ1) is 25.2. The number of hydrogen-bond acceptors (Lipinski definition) is 5. The summed E-state index contributed by atoms with van der Waals surface area (Å²) in [5.41, 5.74) is 8.48. The molecule has 2 unspecified atom stereocenters. The minimum absolute atomic E-state index is 0.0255. The second-order valence-electron chi connectivity index (χ2n) is 14.2. The monoisotopic (exact) mass is 696 g/mol. The number of hydrogen-bond donors (Lipinski definition) is 4. The minimum atomic E-state index is -0.999. The third kappa shape index (κ3) is 9.50. The maximum absolute atomic E-state index is 14.5. The molecule has 0 aromatic heterocycles. The summed E-state index contributed by atoms with van der Waals surface area (Å²) in [6.45, 7) is 3.55. The van der Waals surface area contributed by atoms with Crippen LogP contribution in [0.25, 0.3) is 21.5 Å². The van der Waals surface area contributed by atoms with Gasteiger partial charge in [0.25, 0.3) is 0 Å². The van der Waals surface area contributed by atoms with Crippen molar-refractivity contribution in [3.63, 3.8) is 0 Å². The van der Waals surface area contributed by atoms with Crippen molar-refractivity contribution < 1.29 is 19.2 Å². The minimum Gasteiger partial charge on any atom is -0.368 e. The maximum atomic E-state index is 14.5. The van der Waals surface area contributed by atoms with Gasteiger partial charge in [-0.3, -0.25) is 19.2 Å². The van der Waals surface area contributed by atoms with Crippen LogP contribution < -0.4 is 21.7 Å². The Morgan fingerprint density at radius 2 is 1.15 bits per heavy atom. The molecule has 1 heterocycles. The van der Waals surface area contributed by atoms with E-state index in [4.69, 9.17) is 5.73 Å². The molecule has 268 valence electrons. The van der Waals surface area contributed by atoms with E-state index in [2.05, 4.69) is 34.1 Å². The summed E-state index contributed by atoms with van der Waals surface area (Å²) >= 11 is 0. The summed E-state index contributed by atoms with van der Waals surface area (Å²) in [6, 6.07) is 35.6. The molecule has 0 bridgehead atoms. The van der Waals surface area contributed by atoms with Crippen LogP contribution in [0.15, 0.2) is 115 Å². The van der Waals surface area contributed by atoms with E-state index in [1.54, 1.807) is 0 Å². The highest BCUT2D eigenvalue weighted by Crippen LogP contribution is 2.26. The number of nitrogens with two attached hydrogens (primary N) is 1. The molecule has 1 aliphatic rings. The van der Waals surface area contributed by atoms with Crippen molar-refractivity contribution >= 4 is 45.0 Å². The van der Waals surface area contributed by atoms with E-state index >= 15 is 0 Å². The van der Waals surface area contributed by atoms with Gasteiger partial charge in [0.1, 0.15) is 17.9 Å². The van der Waals surface area contributed by atoms with Crippen LogP contribution >= 0.6 is 0 Å². The van der Waals surface area contributed by atoms with E-state index in [0.29, 0.717) is 12.8 Å². The Bertz CT molecular complexity index is 2020. The zero-order valence-electron chi connectivity index (χ0n) is 29.7. The van der Waals surface area contributed by atoms with E-state index in [1.165, 1.54) is 0 Å². The molecule has 0 aliphatic carbocycles. The van der Waals surface area contributed by atoms with E-state index in [1.807, 2.05) is 104 Å². The van der Waals surface area contributed by atoms with Gasteiger partial charge in [0, 0.05) is 30.6 Å². The predicted octanol–water partition coefficient (Wildman–Crippen LogP) is 5.69. The van der Waals surface area contributed by atoms with Crippen molar-refractivity contribution in [3.8, 4) is 0 Å². The molecule has 8 heteroatoms. The van der Waals surface area contributed by atoms with Crippen molar-refractivity contribution in [3.05, 3.63) is 132 Å².